The minimum atomic E-state index is -0.703. The van der Waals surface area contributed by atoms with E-state index in [1.807, 2.05) is 19.9 Å². The summed E-state index contributed by atoms with van der Waals surface area (Å²) in [4.78, 5) is 23.9. The van der Waals surface area contributed by atoms with Crippen molar-refractivity contribution in [2.45, 2.75) is 13.8 Å². The second kappa shape index (κ2) is 7.55. The van der Waals surface area contributed by atoms with Crippen molar-refractivity contribution in [3.63, 3.8) is 0 Å². The zero-order chi connectivity index (χ0) is 17.9. The van der Waals surface area contributed by atoms with Gasteiger partial charge in [0, 0.05) is 10.7 Å². The number of carbonyl (C=O) groups excluding carboxylic acids is 2. The minimum absolute atomic E-state index is 0.150. The molecule has 0 saturated heterocycles. The van der Waals surface area contributed by atoms with Crippen LogP contribution in [0.15, 0.2) is 30.3 Å². The average molecular weight is 367 g/mol. The lowest BCUT2D eigenvalue weighted by molar-refractivity contribution is -0.119. The molecule has 5 nitrogen and oxygen atoms in total. The predicted octanol–water partition coefficient (Wildman–Crippen LogP) is 3.99. The number of esters is 1. The van der Waals surface area contributed by atoms with Gasteiger partial charge in [0.15, 0.2) is 6.61 Å². The summed E-state index contributed by atoms with van der Waals surface area (Å²) in [6.45, 7) is 3.28. The summed E-state index contributed by atoms with van der Waals surface area (Å²) in [5, 5.41) is 3.47. The van der Waals surface area contributed by atoms with Crippen LogP contribution in [-0.2, 0) is 9.53 Å². The molecule has 0 aliphatic carbocycles. The van der Waals surface area contributed by atoms with Gasteiger partial charge in [-0.2, -0.15) is 0 Å². The van der Waals surface area contributed by atoms with E-state index < -0.39 is 18.5 Å². The zero-order valence-electron chi connectivity index (χ0n) is 13.2. The number of halogens is 2. The van der Waals surface area contributed by atoms with E-state index >= 15 is 0 Å². The molecule has 0 unspecified atom stereocenters. The fourth-order valence-electron chi connectivity index (χ4n) is 2.18. The molecule has 0 heterocycles. The number of rotatable bonds is 4. The highest BCUT2D eigenvalue weighted by molar-refractivity contribution is 6.34. The molecule has 3 N–H and O–H groups in total. The largest absolute Gasteiger partial charge is 0.452 e. The number of nitrogen functional groups attached to an aromatic ring is 1. The van der Waals surface area contributed by atoms with E-state index in [0.717, 1.165) is 11.1 Å². The molecule has 0 bridgehead atoms. The maximum absolute atomic E-state index is 12.0. The molecule has 2 aromatic carbocycles. The number of benzene rings is 2. The first-order chi connectivity index (χ1) is 11.3. The van der Waals surface area contributed by atoms with Crippen molar-refractivity contribution in [2.24, 2.45) is 0 Å². The Kier molecular flexibility index (Phi) is 5.70. The first kappa shape index (κ1) is 18.1. The molecule has 0 aliphatic rings. The minimum Gasteiger partial charge on any atom is -0.452 e. The van der Waals surface area contributed by atoms with Gasteiger partial charge in [0.25, 0.3) is 5.91 Å². The fourth-order valence-corrected chi connectivity index (χ4v) is 2.73. The Morgan fingerprint density at radius 3 is 2.50 bits per heavy atom. The number of hydrogen-bond donors (Lipinski definition) is 2. The van der Waals surface area contributed by atoms with Gasteiger partial charge in [-0.1, -0.05) is 29.3 Å². The highest BCUT2D eigenvalue weighted by atomic mass is 35.5. The van der Waals surface area contributed by atoms with Gasteiger partial charge in [-0.3, -0.25) is 4.79 Å². The monoisotopic (exact) mass is 366 g/mol. The van der Waals surface area contributed by atoms with Gasteiger partial charge >= 0.3 is 5.97 Å². The molecule has 0 spiro atoms. The maximum Gasteiger partial charge on any atom is 0.340 e. The third-order valence-corrected chi connectivity index (χ3v) is 3.80. The van der Waals surface area contributed by atoms with E-state index in [4.69, 9.17) is 33.7 Å². The Bertz CT molecular complexity index is 783. The Morgan fingerprint density at radius 2 is 1.88 bits per heavy atom. The summed E-state index contributed by atoms with van der Waals surface area (Å²) in [6.07, 6.45) is 0. The average Bonchev–Trinajstić information content (AvgIpc) is 2.48. The van der Waals surface area contributed by atoms with Crippen LogP contribution in [0.2, 0.25) is 10.0 Å². The number of aryl methyl sites for hydroxylation is 2. The van der Waals surface area contributed by atoms with Crippen LogP contribution in [0.3, 0.4) is 0 Å². The van der Waals surface area contributed by atoms with Crippen molar-refractivity contribution in [3.8, 4) is 0 Å². The smallest absolute Gasteiger partial charge is 0.340 e. The highest BCUT2D eigenvalue weighted by Crippen LogP contribution is 2.27. The number of ether oxygens (including phenoxy) is 1. The van der Waals surface area contributed by atoms with Crippen molar-refractivity contribution < 1.29 is 14.3 Å². The van der Waals surface area contributed by atoms with Crippen LogP contribution >= 0.6 is 23.2 Å². The second-order valence-electron chi connectivity index (χ2n) is 5.29. The maximum atomic E-state index is 12.0. The van der Waals surface area contributed by atoms with Crippen molar-refractivity contribution in [2.75, 3.05) is 17.7 Å². The second-order valence-corrected chi connectivity index (χ2v) is 6.14. The molecule has 0 atom stereocenters. The molecule has 2 rings (SSSR count). The lowest BCUT2D eigenvalue weighted by Gasteiger charge is -2.12. The Morgan fingerprint density at radius 1 is 1.17 bits per heavy atom. The van der Waals surface area contributed by atoms with Crippen molar-refractivity contribution in [1.82, 2.24) is 0 Å². The zero-order valence-corrected chi connectivity index (χ0v) is 14.7. The topological polar surface area (TPSA) is 81.4 Å². The van der Waals surface area contributed by atoms with Crippen LogP contribution in [0.25, 0.3) is 0 Å². The molecular formula is C17H16Cl2N2O3. The van der Waals surface area contributed by atoms with Crippen LogP contribution in [0.4, 0.5) is 11.4 Å². The molecule has 7 heteroatoms. The molecule has 0 fully saturated rings. The summed E-state index contributed by atoms with van der Waals surface area (Å²) in [5.74, 6) is -1.20. The summed E-state index contributed by atoms with van der Waals surface area (Å²) >= 11 is 11.9. The van der Waals surface area contributed by atoms with E-state index in [1.54, 1.807) is 6.07 Å². The van der Waals surface area contributed by atoms with Gasteiger partial charge in [0.1, 0.15) is 0 Å². The fraction of sp³-hybridized carbons (Fsp3) is 0.176. The SMILES string of the molecule is Cc1cc(C)c(NC(=O)COC(=O)c2ccc(Cl)cc2N)c(Cl)c1. The molecule has 0 saturated carbocycles. The summed E-state index contributed by atoms with van der Waals surface area (Å²) in [7, 11) is 0. The number of nitrogens with one attached hydrogen (secondary N) is 1. The quantitative estimate of drug-likeness (QED) is 0.633. The first-order valence-corrected chi connectivity index (χ1v) is 7.82. The van der Waals surface area contributed by atoms with E-state index in [0.29, 0.717) is 15.7 Å². The van der Waals surface area contributed by atoms with Crippen LogP contribution in [0.5, 0.6) is 0 Å². The van der Waals surface area contributed by atoms with Gasteiger partial charge in [-0.15, -0.1) is 0 Å². The van der Waals surface area contributed by atoms with Crippen molar-refractivity contribution in [3.05, 3.63) is 57.1 Å². The Labute approximate surface area is 149 Å². The van der Waals surface area contributed by atoms with Crippen molar-refractivity contribution in [1.29, 1.82) is 0 Å². The van der Waals surface area contributed by atoms with Gasteiger partial charge in [-0.25, -0.2) is 4.79 Å². The van der Waals surface area contributed by atoms with E-state index in [1.165, 1.54) is 18.2 Å². The van der Waals surface area contributed by atoms with Gasteiger partial charge < -0.3 is 15.8 Å². The molecule has 24 heavy (non-hydrogen) atoms. The standard InChI is InChI=1S/C17H16Cl2N2O3/c1-9-5-10(2)16(13(19)6-9)21-15(22)8-24-17(23)12-4-3-11(18)7-14(12)20/h3-7H,8,20H2,1-2H3,(H,21,22). The number of nitrogens with two attached hydrogens (primary N) is 1. The van der Waals surface area contributed by atoms with E-state index in [9.17, 15) is 9.59 Å². The normalized spacial score (nSPS) is 10.3. The van der Waals surface area contributed by atoms with Gasteiger partial charge in [-0.05, 0) is 49.2 Å². The van der Waals surface area contributed by atoms with Crippen LogP contribution in [0, 0.1) is 13.8 Å². The number of amides is 1. The third kappa shape index (κ3) is 4.40. The molecule has 0 radical (unpaired) electrons. The molecule has 1 amide bonds. The van der Waals surface area contributed by atoms with Gasteiger partial charge in [0.2, 0.25) is 0 Å². The third-order valence-electron chi connectivity index (χ3n) is 3.26. The van der Waals surface area contributed by atoms with Crippen LogP contribution in [-0.4, -0.2) is 18.5 Å². The van der Waals surface area contributed by atoms with E-state index in [-0.39, 0.29) is 11.3 Å². The lowest BCUT2D eigenvalue weighted by atomic mass is 10.1. The summed E-state index contributed by atoms with van der Waals surface area (Å²) in [6, 6.07) is 8.03. The summed E-state index contributed by atoms with van der Waals surface area (Å²) < 4.78 is 4.97. The number of carbonyl (C=O) groups is 2. The summed E-state index contributed by atoms with van der Waals surface area (Å²) in [5.41, 5.74) is 8.34. The Hall–Kier alpha value is -2.24. The highest BCUT2D eigenvalue weighted by Gasteiger charge is 2.15. The Balaban J connectivity index is 2.00. The lowest BCUT2D eigenvalue weighted by Crippen LogP contribution is -2.22. The molecular weight excluding hydrogens is 351 g/mol. The molecule has 0 aliphatic heterocycles. The number of hydrogen-bond acceptors (Lipinski definition) is 4. The molecule has 126 valence electrons. The van der Waals surface area contributed by atoms with E-state index in [2.05, 4.69) is 5.32 Å². The van der Waals surface area contributed by atoms with Crippen molar-refractivity contribution >= 4 is 46.5 Å². The number of anilines is 2. The van der Waals surface area contributed by atoms with Crippen LogP contribution < -0.4 is 11.1 Å². The molecule has 2 aromatic rings. The van der Waals surface area contributed by atoms with Crippen LogP contribution in [0.1, 0.15) is 21.5 Å². The molecule has 0 aromatic heterocycles. The van der Waals surface area contributed by atoms with Gasteiger partial charge in [0.05, 0.1) is 16.3 Å². The predicted molar refractivity (Wildman–Crippen MR) is 95.7 cm³/mol. The first-order valence-electron chi connectivity index (χ1n) is 7.06.